The van der Waals surface area contributed by atoms with Crippen molar-refractivity contribution in [3.63, 3.8) is 0 Å². The number of fused-ring (bicyclic) bond motifs is 1. The molecule has 2 nitrogen and oxygen atoms in total. The topological polar surface area (TPSA) is 32.3 Å². The van der Waals surface area contributed by atoms with Gasteiger partial charge >= 0.3 is 6.18 Å². The van der Waals surface area contributed by atoms with Gasteiger partial charge in [-0.1, -0.05) is 6.07 Å². The lowest BCUT2D eigenvalue weighted by atomic mass is 10.1. The zero-order valence-corrected chi connectivity index (χ0v) is 9.22. The normalized spacial score (nSPS) is 16.7. The van der Waals surface area contributed by atoms with Crippen LogP contribution in [0, 0.1) is 0 Å². The number of aryl methyl sites for hydroxylation is 2. The van der Waals surface area contributed by atoms with Crippen LogP contribution in [0.2, 0.25) is 0 Å². The third kappa shape index (κ3) is 2.91. The highest BCUT2D eigenvalue weighted by Crippen LogP contribution is 2.25. The van der Waals surface area contributed by atoms with Crippen LogP contribution >= 0.6 is 0 Å². The molecule has 0 heterocycles. The molecule has 2 rings (SSSR count). The number of alkyl halides is 3. The Morgan fingerprint density at radius 2 is 1.94 bits per heavy atom. The molecule has 2 N–H and O–H groups in total. The summed E-state index contributed by atoms with van der Waals surface area (Å²) < 4.78 is 36.2. The van der Waals surface area contributed by atoms with Crippen molar-refractivity contribution in [2.75, 3.05) is 11.9 Å². The Kier molecular flexibility index (Phi) is 3.28. The molecule has 0 amide bonds. The summed E-state index contributed by atoms with van der Waals surface area (Å²) >= 11 is 0. The Morgan fingerprint density at radius 1 is 1.24 bits per heavy atom. The zero-order chi connectivity index (χ0) is 12.5. The second kappa shape index (κ2) is 4.56. The number of rotatable bonds is 3. The summed E-state index contributed by atoms with van der Waals surface area (Å²) in [7, 11) is 0. The van der Waals surface area contributed by atoms with Gasteiger partial charge < -0.3 is 10.4 Å². The van der Waals surface area contributed by atoms with Gasteiger partial charge in [0.15, 0.2) is 6.10 Å². The van der Waals surface area contributed by atoms with Crippen molar-refractivity contribution in [3.05, 3.63) is 29.3 Å². The van der Waals surface area contributed by atoms with Crippen LogP contribution in [0.1, 0.15) is 17.5 Å². The molecule has 1 aliphatic carbocycles. The number of aliphatic hydroxyl groups is 1. The third-order valence-corrected chi connectivity index (χ3v) is 2.98. The Labute approximate surface area is 97.5 Å². The van der Waals surface area contributed by atoms with Crippen molar-refractivity contribution in [2.24, 2.45) is 0 Å². The van der Waals surface area contributed by atoms with Crippen molar-refractivity contribution in [1.82, 2.24) is 0 Å². The first-order valence-electron chi connectivity index (χ1n) is 5.57. The largest absolute Gasteiger partial charge is 0.416 e. The first-order valence-corrected chi connectivity index (χ1v) is 5.57. The number of anilines is 1. The van der Waals surface area contributed by atoms with Crippen LogP contribution in [0.3, 0.4) is 0 Å². The SMILES string of the molecule is OC(CNc1ccc2c(c1)CCC2)C(F)(F)F. The number of hydrogen-bond acceptors (Lipinski definition) is 2. The summed E-state index contributed by atoms with van der Waals surface area (Å²) in [5.74, 6) is 0. The van der Waals surface area contributed by atoms with Crippen LogP contribution < -0.4 is 5.32 Å². The molecule has 1 aromatic carbocycles. The molecule has 94 valence electrons. The van der Waals surface area contributed by atoms with E-state index in [0.29, 0.717) is 5.69 Å². The minimum atomic E-state index is -4.57. The van der Waals surface area contributed by atoms with Crippen molar-refractivity contribution in [2.45, 2.75) is 31.5 Å². The van der Waals surface area contributed by atoms with E-state index in [2.05, 4.69) is 5.32 Å². The molecule has 0 spiro atoms. The molecule has 1 aromatic rings. The van der Waals surface area contributed by atoms with E-state index in [4.69, 9.17) is 5.11 Å². The van der Waals surface area contributed by atoms with E-state index in [9.17, 15) is 13.2 Å². The van der Waals surface area contributed by atoms with Crippen LogP contribution in [0.4, 0.5) is 18.9 Å². The lowest BCUT2D eigenvalue weighted by molar-refractivity contribution is -0.198. The highest BCUT2D eigenvalue weighted by molar-refractivity contribution is 5.50. The van der Waals surface area contributed by atoms with Gasteiger partial charge in [0.25, 0.3) is 0 Å². The van der Waals surface area contributed by atoms with E-state index in [-0.39, 0.29) is 0 Å². The maximum atomic E-state index is 12.1. The molecule has 17 heavy (non-hydrogen) atoms. The van der Waals surface area contributed by atoms with E-state index in [1.807, 2.05) is 12.1 Å². The maximum absolute atomic E-state index is 12.1. The maximum Gasteiger partial charge on any atom is 0.416 e. The third-order valence-electron chi connectivity index (χ3n) is 2.98. The molecule has 0 bridgehead atoms. The lowest BCUT2D eigenvalue weighted by Crippen LogP contribution is -2.35. The summed E-state index contributed by atoms with van der Waals surface area (Å²) in [5, 5.41) is 11.5. The molecule has 1 aliphatic rings. The summed E-state index contributed by atoms with van der Waals surface area (Å²) in [4.78, 5) is 0. The molecule has 1 unspecified atom stereocenters. The fourth-order valence-corrected chi connectivity index (χ4v) is 2.01. The minimum absolute atomic E-state index is 0.512. The van der Waals surface area contributed by atoms with Gasteiger partial charge in [0.05, 0.1) is 0 Å². The van der Waals surface area contributed by atoms with Crippen molar-refractivity contribution >= 4 is 5.69 Å². The number of benzene rings is 1. The molecule has 0 saturated carbocycles. The van der Waals surface area contributed by atoms with E-state index in [0.717, 1.165) is 19.3 Å². The Morgan fingerprint density at radius 3 is 2.65 bits per heavy atom. The number of aliphatic hydroxyl groups excluding tert-OH is 1. The standard InChI is InChI=1S/C12H14F3NO/c13-12(14,15)11(17)7-16-10-5-4-8-2-1-3-9(8)6-10/h4-6,11,16-17H,1-3,7H2. The highest BCUT2D eigenvalue weighted by Gasteiger charge is 2.37. The second-order valence-electron chi connectivity index (χ2n) is 4.28. The minimum Gasteiger partial charge on any atom is -0.382 e. The van der Waals surface area contributed by atoms with Crippen molar-refractivity contribution in [1.29, 1.82) is 0 Å². The van der Waals surface area contributed by atoms with Gasteiger partial charge in [0.1, 0.15) is 0 Å². The summed E-state index contributed by atoms with van der Waals surface area (Å²) in [6.45, 7) is -0.512. The Hall–Kier alpha value is -1.23. The van der Waals surface area contributed by atoms with Gasteiger partial charge in [0.2, 0.25) is 0 Å². The molecule has 0 aromatic heterocycles. The summed E-state index contributed by atoms with van der Waals surface area (Å²) in [6.07, 6.45) is -3.77. The summed E-state index contributed by atoms with van der Waals surface area (Å²) in [5.41, 5.74) is 3.09. The Bertz CT molecular complexity index is 403. The van der Waals surface area contributed by atoms with Crippen molar-refractivity contribution in [3.8, 4) is 0 Å². The number of hydrogen-bond donors (Lipinski definition) is 2. The van der Waals surface area contributed by atoms with Gasteiger partial charge in [-0.25, -0.2) is 0 Å². The van der Waals surface area contributed by atoms with Gasteiger partial charge in [-0.2, -0.15) is 13.2 Å². The highest BCUT2D eigenvalue weighted by atomic mass is 19.4. The molecule has 0 fully saturated rings. The van der Waals surface area contributed by atoms with Crippen molar-refractivity contribution < 1.29 is 18.3 Å². The predicted molar refractivity (Wildman–Crippen MR) is 59.0 cm³/mol. The van der Waals surface area contributed by atoms with Crippen LogP contribution in [-0.2, 0) is 12.8 Å². The van der Waals surface area contributed by atoms with Gasteiger partial charge in [-0.15, -0.1) is 0 Å². The second-order valence-corrected chi connectivity index (χ2v) is 4.28. The average molecular weight is 245 g/mol. The number of halogens is 3. The molecule has 0 aliphatic heterocycles. The predicted octanol–water partition coefficient (Wildman–Crippen LogP) is 2.51. The molecule has 1 atom stereocenters. The van der Waals surface area contributed by atoms with E-state index in [1.165, 1.54) is 11.1 Å². The van der Waals surface area contributed by atoms with Crippen LogP contribution in [0.15, 0.2) is 18.2 Å². The molecular weight excluding hydrogens is 231 g/mol. The van der Waals surface area contributed by atoms with Crippen LogP contribution in [-0.4, -0.2) is 23.9 Å². The molecule has 5 heteroatoms. The zero-order valence-electron chi connectivity index (χ0n) is 9.22. The van der Waals surface area contributed by atoms with E-state index < -0.39 is 18.8 Å². The smallest absolute Gasteiger partial charge is 0.382 e. The van der Waals surface area contributed by atoms with Crippen LogP contribution in [0.25, 0.3) is 0 Å². The first kappa shape index (κ1) is 12.2. The fourth-order valence-electron chi connectivity index (χ4n) is 2.01. The molecular formula is C12H14F3NO. The summed E-state index contributed by atoms with van der Waals surface area (Å²) in [6, 6.07) is 5.56. The number of nitrogens with one attached hydrogen (secondary N) is 1. The van der Waals surface area contributed by atoms with Crippen LogP contribution in [0.5, 0.6) is 0 Å². The molecule has 0 saturated heterocycles. The monoisotopic (exact) mass is 245 g/mol. The quantitative estimate of drug-likeness (QED) is 0.857. The van der Waals surface area contributed by atoms with Gasteiger partial charge in [0, 0.05) is 12.2 Å². The molecule has 0 radical (unpaired) electrons. The van der Waals surface area contributed by atoms with E-state index in [1.54, 1.807) is 6.07 Å². The first-order chi connectivity index (χ1) is 7.97. The lowest BCUT2D eigenvalue weighted by Gasteiger charge is -2.16. The van der Waals surface area contributed by atoms with Gasteiger partial charge in [-0.3, -0.25) is 0 Å². The average Bonchev–Trinajstić information content (AvgIpc) is 2.71. The Balaban J connectivity index is 1.96. The van der Waals surface area contributed by atoms with Gasteiger partial charge in [-0.05, 0) is 42.5 Å². The van der Waals surface area contributed by atoms with E-state index >= 15 is 0 Å². The fraction of sp³-hybridized carbons (Fsp3) is 0.500.